The molecular weight excluding hydrogens is 282 g/mol. The number of benzene rings is 1. The lowest BCUT2D eigenvalue weighted by Crippen LogP contribution is -2.31. The number of fused-ring (bicyclic) bond motifs is 1. The second-order valence-electron chi connectivity index (χ2n) is 5.39. The highest BCUT2D eigenvalue weighted by molar-refractivity contribution is 5.90. The highest BCUT2D eigenvalue weighted by atomic mass is 16.5. The lowest BCUT2D eigenvalue weighted by atomic mass is 9.99. The van der Waals surface area contributed by atoms with Gasteiger partial charge >= 0.3 is 0 Å². The van der Waals surface area contributed by atoms with Gasteiger partial charge < -0.3 is 10.1 Å². The summed E-state index contributed by atoms with van der Waals surface area (Å²) in [5, 5.41) is 10.4. The van der Waals surface area contributed by atoms with Gasteiger partial charge in [0.15, 0.2) is 0 Å². The second-order valence-corrected chi connectivity index (χ2v) is 5.39. The third-order valence-corrected chi connectivity index (χ3v) is 3.59. The summed E-state index contributed by atoms with van der Waals surface area (Å²) in [7, 11) is 1.47. The summed E-state index contributed by atoms with van der Waals surface area (Å²) in [5.74, 6) is 0.689. The molecule has 0 fully saturated rings. The maximum Gasteiger partial charge on any atom is 0.252 e. The van der Waals surface area contributed by atoms with Crippen LogP contribution in [0.25, 0.3) is 0 Å². The van der Waals surface area contributed by atoms with Gasteiger partial charge in [-0.25, -0.2) is 4.68 Å². The number of hydrogen-bond acceptors (Lipinski definition) is 5. The first-order valence-corrected chi connectivity index (χ1v) is 7.24. The van der Waals surface area contributed by atoms with Gasteiger partial charge in [0.25, 0.3) is 11.9 Å². The summed E-state index contributed by atoms with van der Waals surface area (Å²) >= 11 is 0. The van der Waals surface area contributed by atoms with E-state index < -0.39 is 0 Å². The SMILES string of the molecule is COCC(=O)Nc1nc2n(n1)[C@H](c1ccccc1)C[C@H](C)N2. The van der Waals surface area contributed by atoms with Crippen LogP contribution in [-0.2, 0) is 9.53 Å². The number of hydrogen-bond donors (Lipinski definition) is 2. The van der Waals surface area contributed by atoms with Crippen molar-refractivity contribution in [2.45, 2.75) is 25.4 Å². The molecule has 2 atom stereocenters. The zero-order chi connectivity index (χ0) is 15.5. The van der Waals surface area contributed by atoms with Crippen LogP contribution in [0.5, 0.6) is 0 Å². The van der Waals surface area contributed by atoms with E-state index in [1.54, 1.807) is 0 Å². The topological polar surface area (TPSA) is 81.1 Å². The lowest BCUT2D eigenvalue weighted by Gasteiger charge is -2.29. The molecule has 0 spiro atoms. The minimum atomic E-state index is -0.269. The van der Waals surface area contributed by atoms with Gasteiger partial charge in [-0.1, -0.05) is 30.3 Å². The molecule has 0 unspecified atom stereocenters. The third-order valence-electron chi connectivity index (χ3n) is 3.59. The number of carbonyl (C=O) groups is 1. The first-order valence-electron chi connectivity index (χ1n) is 7.24. The fourth-order valence-electron chi connectivity index (χ4n) is 2.65. The van der Waals surface area contributed by atoms with Crippen LogP contribution in [0.15, 0.2) is 30.3 Å². The molecule has 1 amide bonds. The maximum absolute atomic E-state index is 11.6. The number of ether oxygens (including phenoxy) is 1. The molecule has 3 rings (SSSR count). The van der Waals surface area contributed by atoms with Gasteiger partial charge in [0.2, 0.25) is 5.95 Å². The Morgan fingerprint density at radius 3 is 2.95 bits per heavy atom. The average molecular weight is 301 g/mol. The Kier molecular flexibility index (Phi) is 4.06. The average Bonchev–Trinajstić information content (AvgIpc) is 2.89. The van der Waals surface area contributed by atoms with Crippen LogP contribution < -0.4 is 10.6 Å². The van der Waals surface area contributed by atoms with Crippen molar-refractivity contribution < 1.29 is 9.53 Å². The molecule has 1 aromatic heterocycles. The molecule has 22 heavy (non-hydrogen) atoms. The number of carbonyl (C=O) groups excluding carboxylic acids is 1. The van der Waals surface area contributed by atoms with Crippen molar-refractivity contribution in [2.24, 2.45) is 0 Å². The number of nitrogens with zero attached hydrogens (tertiary/aromatic N) is 3. The molecule has 7 heteroatoms. The van der Waals surface area contributed by atoms with Crippen molar-refractivity contribution in [3.05, 3.63) is 35.9 Å². The monoisotopic (exact) mass is 301 g/mol. The second kappa shape index (κ2) is 6.15. The summed E-state index contributed by atoms with van der Waals surface area (Å²) < 4.78 is 6.63. The Labute approximate surface area is 128 Å². The van der Waals surface area contributed by atoms with Crippen LogP contribution in [0.4, 0.5) is 11.9 Å². The van der Waals surface area contributed by atoms with Crippen molar-refractivity contribution >= 4 is 17.8 Å². The van der Waals surface area contributed by atoms with Crippen LogP contribution in [0.1, 0.15) is 24.9 Å². The molecule has 1 aliphatic heterocycles. The van der Waals surface area contributed by atoms with E-state index in [0.717, 1.165) is 6.42 Å². The fraction of sp³-hybridized carbons (Fsp3) is 0.400. The smallest absolute Gasteiger partial charge is 0.252 e. The minimum Gasteiger partial charge on any atom is -0.375 e. The Balaban J connectivity index is 1.89. The predicted molar refractivity (Wildman–Crippen MR) is 82.8 cm³/mol. The maximum atomic E-state index is 11.6. The molecule has 0 bridgehead atoms. The summed E-state index contributed by atoms with van der Waals surface area (Å²) in [6.45, 7) is 2.09. The number of anilines is 2. The predicted octanol–water partition coefficient (Wildman–Crippen LogP) is 1.66. The van der Waals surface area contributed by atoms with Gasteiger partial charge in [0, 0.05) is 13.2 Å². The number of nitrogens with one attached hydrogen (secondary N) is 2. The largest absolute Gasteiger partial charge is 0.375 e. The molecule has 0 saturated heterocycles. The number of amides is 1. The Hall–Kier alpha value is -2.41. The van der Waals surface area contributed by atoms with Crippen molar-refractivity contribution in [2.75, 3.05) is 24.4 Å². The Morgan fingerprint density at radius 2 is 2.23 bits per heavy atom. The van der Waals surface area contributed by atoms with Crippen LogP contribution >= 0.6 is 0 Å². The standard InChI is InChI=1S/C15H19N5O2/c1-10-8-12(11-6-4-3-5-7-11)20-15(16-10)18-14(19-20)17-13(21)9-22-2/h3-7,10,12H,8-9H2,1-2H3,(H2,16,17,18,19,21)/t10-,12-/m0/s1. The van der Waals surface area contributed by atoms with E-state index in [9.17, 15) is 4.79 Å². The quantitative estimate of drug-likeness (QED) is 0.897. The highest BCUT2D eigenvalue weighted by Crippen LogP contribution is 2.31. The third kappa shape index (κ3) is 2.94. The molecule has 1 aromatic carbocycles. The van der Waals surface area contributed by atoms with Gasteiger partial charge in [-0.05, 0) is 18.9 Å². The van der Waals surface area contributed by atoms with E-state index in [2.05, 4.69) is 39.8 Å². The summed E-state index contributed by atoms with van der Waals surface area (Å²) in [4.78, 5) is 15.9. The van der Waals surface area contributed by atoms with E-state index in [1.807, 2.05) is 22.9 Å². The molecule has 0 aliphatic carbocycles. The van der Waals surface area contributed by atoms with Crippen molar-refractivity contribution in [1.29, 1.82) is 0 Å². The zero-order valence-electron chi connectivity index (χ0n) is 12.6. The minimum absolute atomic E-state index is 0.0180. The van der Waals surface area contributed by atoms with Crippen molar-refractivity contribution in [1.82, 2.24) is 14.8 Å². The van der Waals surface area contributed by atoms with Crippen LogP contribution in [0.2, 0.25) is 0 Å². The Bertz CT molecular complexity index is 655. The van der Waals surface area contributed by atoms with Gasteiger partial charge in [0.1, 0.15) is 6.61 Å². The van der Waals surface area contributed by atoms with E-state index in [4.69, 9.17) is 4.74 Å². The zero-order valence-corrected chi connectivity index (χ0v) is 12.6. The Morgan fingerprint density at radius 1 is 1.45 bits per heavy atom. The molecule has 1 aliphatic rings. The highest BCUT2D eigenvalue weighted by Gasteiger charge is 2.28. The first-order chi connectivity index (χ1) is 10.7. The number of aromatic nitrogens is 3. The molecule has 0 saturated carbocycles. The van der Waals surface area contributed by atoms with Gasteiger partial charge in [-0.2, -0.15) is 4.98 Å². The summed E-state index contributed by atoms with van der Waals surface area (Å²) in [6, 6.07) is 10.6. The summed E-state index contributed by atoms with van der Waals surface area (Å²) in [5.41, 5.74) is 1.18. The lowest BCUT2D eigenvalue weighted by molar-refractivity contribution is -0.119. The molecule has 7 nitrogen and oxygen atoms in total. The van der Waals surface area contributed by atoms with Gasteiger partial charge in [0.05, 0.1) is 6.04 Å². The molecular formula is C15H19N5O2. The molecule has 2 heterocycles. The number of methoxy groups -OCH3 is 1. The van der Waals surface area contributed by atoms with Crippen LogP contribution in [0.3, 0.4) is 0 Å². The van der Waals surface area contributed by atoms with Crippen LogP contribution in [0, 0.1) is 0 Å². The van der Waals surface area contributed by atoms with E-state index in [0.29, 0.717) is 11.9 Å². The fourth-order valence-corrected chi connectivity index (χ4v) is 2.65. The van der Waals surface area contributed by atoms with Gasteiger partial charge in [-0.15, -0.1) is 5.10 Å². The molecule has 2 N–H and O–H groups in total. The normalized spacial score (nSPS) is 20.1. The van der Waals surface area contributed by atoms with Gasteiger partial charge in [-0.3, -0.25) is 10.1 Å². The van der Waals surface area contributed by atoms with Crippen molar-refractivity contribution in [3.63, 3.8) is 0 Å². The number of rotatable bonds is 4. The van der Waals surface area contributed by atoms with E-state index >= 15 is 0 Å². The van der Waals surface area contributed by atoms with E-state index in [-0.39, 0.29) is 24.6 Å². The molecule has 0 radical (unpaired) electrons. The summed E-state index contributed by atoms with van der Waals surface area (Å²) in [6.07, 6.45) is 0.909. The molecule has 2 aromatic rings. The van der Waals surface area contributed by atoms with Crippen molar-refractivity contribution in [3.8, 4) is 0 Å². The molecule has 116 valence electrons. The van der Waals surface area contributed by atoms with Crippen LogP contribution in [-0.4, -0.2) is 40.4 Å². The van der Waals surface area contributed by atoms with E-state index in [1.165, 1.54) is 12.7 Å². The first kappa shape index (κ1) is 14.5.